The molecule has 2 aromatic carbocycles. The monoisotopic (exact) mass is 415 g/mol. The molecule has 1 unspecified atom stereocenters. The molecule has 3 aromatic rings. The molecule has 0 saturated carbocycles. The maximum absolute atomic E-state index is 13.3. The maximum atomic E-state index is 13.3. The molecule has 0 spiro atoms. The van der Waals surface area contributed by atoms with Gasteiger partial charge in [-0.05, 0) is 55.5 Å². The molecule has 1 heterocycles. The molecule has 3 rings (SSSR count). The van der Waals surface area contributed by atoms with E-state index in [0.29, 0.717) is 5.56 Å². The number of anilines is 1. The van der Waals surface area contributed by atoms with E-state index in [1.165, 1.54) is 43.3 Å². The summed E-state index contributed by atoms with van der Waals surface area (Å²) < 4.78 is 26.5. The molecular formula is C20H15F2N3O3S. The summed E-state index contributed by atoms with van der Waals surface area (Å²) in [5, 5.41) is 2.54. The van der Waals surface area contributed by atoms with E-state index in [0.717, 1.165) is 23.5 Å². The summed E-state index contributed by atoms with van der Waals surface area (Å²) in [6.45, 7) is 1.34. The number of rotatable bonds is 6. The zero-order valence-corrected chi connectivity index (χ0v) is 15.9. The summed E-state index contributed by atoms with van der Waals surface area (Å²) >= 11 is 0.891. The second-order valence-corrected chi connectivity index (χ2v) is 7.15. The average molecular weight is 415 g/mol. The number of nitrogens with two attached hydrogens (primary N) is 1. The van der Waals surface area contributed by atoms with E-state index in [-0.39, 0.29) is 21.3 Å². The molecule has 0 bridgehead atoms. The van der Waals surface area contributed by atoms with Crippen LogP contribution in [0.25, 0.3) is 11.3 Å². The fourth-order valence-electron chi connectivity index (χ4n) is 2.41. The Bertz CT molecular complexity index is 1080. The Morgan fingerprint density at radius 2 is 1.55 bits per heavy atom. The van der Waals surface area contributed by atoms with Crippen LogP contribution >= 0.6 is 11.3 Å². The molecule has 3 N–H and O–H groups in total. The number of hydrogen-bond donors (Lipinski definition) is 2. The van der Waals surface area contributed by atoms with Crippen LogP contribution in [-0.2, 0) is 9.59 Å². The Balaban J connectivity index is 2.02. The molecule has 1 aromatic heterocycles. The van der Waals surface area contributed by atoms with E-state index >= 15 is 0 Å². The minimum Gasteiger partial charge on any atom is -0.369 e. The van der Waals surface area contributed by atoms with Gasteiger partial charge in [0, 0.05) is 11.1 Å². The van der Waals surface area contributed by atoms with Crippen LogP contribution in [0.15, 0.2) is 48.5 Å². The molecule has 0 aliphatic heterocycles. The van der Waals surface area contributed by atoms with Gasteiger partial charge < -0.3 is 11.1 Å². The van der Waals surface area contributed by atoms with Crippen LogP contribution in [0.4, 0.5) is 13.9 Å². The quantitative estimate of drug-likeness (QED) is 0.476. The third kappa shape index (κ3) is 4.52. The number of nitrogens with one attached hydrogen (secondary N) is 1. The van der Waals surface area contributed by atoms with Crippen molar-refractivity contribution in [1.29, 1.82) is 0 Å². The van der Waals surface area contributed by atoms with E-state index in [1.54, 1.807) is 0 Å². The summed E-state index contributed by atoms with van der Waals surface area (Å²) in [5.74, 6) is -3.95. The van der Waals surface area contributed by atoms with Crippen molar-refractivity contribution in [1.82, 2.24) is 4.98 Å². The van der Waals surface area contributed by atoms with Crippen molar-refractivity contribution >= 4 is 34.1 Å². The van der Waals surface area contributed by atoms with Crippen molar-refractivity contribution in [3.8, 4) is 11.3 Å². The Hall–Kier alpha value is -3.46. The van der Waals surface area contributed by atoms with Crippen molar-refractivity contribution in [3.63, 3.8) is 0 Å². The maximum Gasteiger partial charge on any atom is 0.238 e. The molecule has 0 aliphatic rings. The van der Waals surface area contributed by atoms with Gasteiger partial charge in [-0.15, -0.1) is 0 Å². The van der Waals surface area contributed by atoms with Crippen LogP contribution in [0.2, 0.25) is 0 Å². The Morgan fingerprint density at radius 1 is 1.00 bits per heavy atom. The predicted octanol–water partition coefficient (Wildman–Crippen LogP) is 3.38. The molecular weight excluding hydrogens is 400 g/mol. The van der Waals surface area contributed by atoms with Gasteiger partial charge in [-0.2, -0.15) is 0 Å². The smallest absolute Gasteiger partial charge is 0.238 e. The lowest BCUT2D eigenvalue weighted by molar-refractivity contribution is -0.129. The molecule has 0 aliphatic carbocycles. The summed E-state index contributed by atoms with van der Waals surface area (Å²) in [6, 6.07) is 10.3. The number of benzene rings is 2. The third-order valence-electron chi connectivity index (χ3n) is 4.11. The third-order valence-corrected chi connectivity index (χ3v) is 5.08. The highest BCUT2D eigenvalue weighted by Gasteiger charge is 2.24. The number of carbonyl (C=O) groups excluding carboxylic acids is 3. The Morgan fingerprint density at radius 3 is 2.10 bits per heavy atom. The molecule has 0 fully saturated rings. The van der Waals surface area contributed by atoms with Crippen LogP contribution in [0.5, 0.6) is 0 Å². The van der Waals surface area contributed by atoms with Crippen LogP contribution in [-0.4, -0.2) is 22.6 Å². The first kappa shape index (κ1) is 20.3. The first-order valence-electron chi connectivity index (χ1n) is 8.43. The zero-order chi connectivity index (χ0) is 21.1. The van der Waals surface area contributed by atoms with Crippen molar-refractivity contribution < 1.29 is 23.2 Å². The Labute approximate surface area is 168 Å². The van der Waals surface area contributed by atoms with Gasteiger partial charge in [0.05, 0.1) is 5.69 Å². The fraction of sp³-hybridized carbons (Fsp3) is 0.100. The van der Waals surface area contributed by atoms with Crippen molar-refractivity contribution in [2.45, 2.75) is 6.92 Å². The molecule has 2 amide bonds. The van der Waals surface area contributed by atoms with E-state index in [4.69, 9.17) is 5.73 Å². The van der Waals surface area contributed by atoms with E-state index in [2.05, 4.69) is 10.3 Å². The second kappa shape index (κ2) is 8.27. The van der Waals surface area contributed by atoms with Gasteiger partial charge in [0.2, 0.25) is 17.6 Å². The topological polar surface area (TPSA) is 102 Å². The lowest BCUT2D eigenvalue weighted by atomic mass is 10.0. The van der Waals surface area contributed by atoms with E-state index < -0.39 is 35.1 Å². The Kier molecular flexibility index (Phi) is 5.79. The fourth-order valence-corrected chi connectivity index (χ4v) is 3.36. The lowest BCUT2D eigenvalue weighted by Gasteiger charge is -2.05. The van der Waals surface area contributed by atoms with Gasteiger partial charge in [0.25, 0.3) is 0 Å². The average Bonchev–Trinajstić information content (AvgIpc) is 3.11. The highest BCUT2D eigenvalue weighted by molar-refractivity contribution is 7.18. The SMILES string of the molecule is CC(C(N)=O)C(=O)Nc1nc(-c2ccc(F)cc2)c(C(=O)c2ccc(F)cc2)s1. The molecule has 0 radical (unpaired) electrons. The number of carbonyl (C=O) groups is 3. The summed E-state index contributed by atoms with van der Waals surface area (Å²) in [4.78, 5) is 40.7. The van der Waals surface area contributed by atoms with Gasteiger partial charge >= 0.3 is 0 Å². The number of thiazole rings is 1. The molecule has 29 heavy (non-hydrogen) atoms. The van der Waals surface area contributed by atoms with Gasteiger partial charge in [-0.25, -0.2) is 13.8 Å². The first-order chi connectivity index (χ1) is 13.8. The van der Waals surface area contributed by atoms with Crippen molar-refractivity contribution in [2.75, 3.05) is 5.32 Å². The van der Waals surface area contributed by atoms with Crippen LogP contribution in [0, 0.1) is 17.6 Å². The normalized spacial score (nSPS) is 11.7. The van der Waals surface area contributed by atoms with E-state index in [9.17, 15) is 23.2 Å². The number of ketones is 1. The predicted molar refractivity (Wildman–Crippen MR) is 104 cm³/mol. The summed E-state index contributed by atoms with van der Waals surface area (Å²) in [5.41, 5.74) is 6.04. The van der Waals surface area contributed by atoms with Gasteiger partial charge in [-0.3, -0.25) is 14.4 Å². The highest BCUT2D eigenvalue weighted by Crippen LogP contribution is 2.33. The largest absolute Gasteiger partial charge is 0.369 e. The number of hydrogen-bond acceptors (Lipinski definition) is 5. The number of aromatic nitrogens is 1. The second-order valence-electron chi connectivity index (χ2n) is 6.15. The van der Waals surface area contributed by atoms with Crippen LogP contribution in [0.3, 0.4) is 0 Å². The van der Waals surface area contributed by atoms with Gasteiger partial charge in [-0.1, -0.05) is 11.3 Å². The van der Waals surface area contributed by atoms with Crippen molar-refractivity contribution in [2.24, 2.45) is 11.7 Å². The van der Waals surface area contributed by atoms with Gasteiger partial charge in [0.1, 0.15) is 22.4 Å². The minimum absolute atomic E-state index is 0.0767. The number of halogens is 2. The molecule has 9 heteroatoms. The lowest BCUT2D eigenvalue weighted by Crippen LogP contribution is -2.32. The molecule has 6 nitrogen and oxygen atoms in total. The number of amides is 2. The van der Waals surface area contributed by atoms with Crippen molar-refractivity contribution in [3.05, 3.63) is 70.6 Å². The van der Waals surface area contributed by atoms with E-state index in [1.807, 2.05) is 0 Å². The zero-order valence-electron chi connectivity index (χ0n) is 15.1. The minimum atomic E-state index is -1.09. The molecule has 148 valence electrons. The van der Waals surface area contributed by atoms with Gasteiger partial charge in [0.15, 0.2) is 5.13 Å². The standard InChI is InChI=1S/C20H15F2N3O3S/c1-10(18(23)27)19(28)25-20-24-15(11-2-6-13(21)7-3-11)17(29-20)16(26)12-4-8-14(22)9-5-12/h2-10H,1H3,(H2,23,27)(H,24,25,28). The summed E-state index contributed by atoms with van der Waals surface area (Å²) in [6.07, 6.45) is 0. The number of primary amides is 1. The first-order valence-corrected chi connectivity index (χ1v) is 9.25. The highest BCUT2D eigenvalue weighted by atomic mass is 32.1. The number of nitrogens with zero attached hydrogens (tertiary/aromatic N) is 1. The molecule has 0 saturated heterocycles. The molecule has 1 atom stereocenters. The van der Waals surface area contributed by atoms with Crippen LogP contribution in [0.1, 0.15) is 22.2 Å². The van der Waals surface area contributed by atoms with Crippen LogP contribution < -0.4 is 11.1 Å². The summed E-state index contributed by atoms with van der Waals surface area (Å²) in [7, 11) is 0.